The van der Waals surface area contributed by atoms with Gasteiger partial charge in [0.05, 0.1) is 19.2 Å². The van der Waals surface area contributed by atoms with Crippen LogP contribution < -0.4 is 10.6 Å². The van der Waals surface area contributed by atoms with E-state index in [9.17, 15) is 18.0 Å². The molecule has 1 aromatic carbocycles. The number of benzene rings is 1. The lowest BCUT2D eigenvalue weighted by molar-refractivity contribution is -0.139. The number of alkyl halides is 2. The SMILES string of the molecule is COC(=O)CC1=C(C(=N)/C=C\NC(F)F)[C@H](c2ccc(F)cc2Cl)N=C(c2nccs2)N1. The summed E-state index contributed by atoms with van der Waals surface area (Å²) in [5.74, 6) is -0.847. The standard InChI is InChI=1S/C20H17ClF3N5O2S/c1-31-15(30)9-14-16(13(25)4-5-27-20(23)24)17(11-3-2-10(22)8-12(11)21)29-18(28-14)19-26-6-7-32-19/h2-8,17,20,25,27H,9H2,1H3,(H,28,29)/b5-4-,25-13?/t17-/m0/s1. The van der Waals surface area contributed by atoms with Gasteiger partial charge in [-0.2, -0.15) is 8.78 Å². The number of thiazole rings is 1. The van der Waals surface area contributed by atoms with Crippen molar-refractivity contribution in [2.24, 2.45) is 4.99 Å². The molecular weight excluding hydrogens is 467 g/mol. The van der Waals surface area contributed by atoms with Gasteiger partial charge in [0.2, 0.25) is 0 Å². The van der Waals surface area contributed by atoms with Gasteiger partial charge < -0.3 is 20.8 Å². The Kier molecular flexibility index (Phi) is 7.65. The number of methoxy groups -OCH3 is 1. The number of nitrogens with zero attached hydrogens (tertiary/aromatic N) is 2. The first-order valence-corrected chi connectivity index (χ1v) is 10.3. The highest BCUT2D eigenvalue weighted by Crippen LogP contribution is 2.37. The van der Waals surface area contributed by atoms with Crippen molar-refractivity contribution in [3.05, 3.63) is 74.7 Å². The highest BCUT2D eigenvalue weighted by atomic mass is 35.5. The zero-order chi connectivity index (χ0) is 23.3. The summed E-state index contributed by atoms with van der Waals surface area (Å²) in [4.78, 5) is 20.9. The van der Waals surface area contributed by atoms with Crippen LogP contribution in [0.25, 0.3) is 0 Å². The molecule has 2 aromatic rings. The molecule has 0 bridgehead atoms. The number of aromatic nitrogens is 1. The van der Waals surface area contributed by atoms with Crippen molar-refractivity contribution in [2.75, 3.05) is 7.11 Å². The molecule has 0 amide bonds. The average molecular weight is 484 g/mol. The van der Waals surface area contributed by atoms with E-state index in [2.05, 4.69) is 15.3 Å². The molecule has 1 aromatic heterocycles. The first-order chi connectivity index (χ1) is 15.3. The summed E-state index contributed by atoms with van der Waals surface area (Å²) < 4.78 is 43.3. The molecule has 1 atom stereocenters. The minimum Gasteiger partial charge on any atom is -0.469 e. The minimum absolute atomic E-state index is 0.0524. The van der Waals surface area contributed by atoms with Crippen molar-refractivity contribution in [1.82, 2.24) is 15.6 Å². The Labute approximate surface area is 190 Å². The van der Waals surface area contributed by atoms with Gasteiger partial charge in [0, 0.05) is 39.6 Å². The number of hydrogen-bond acceptors (Lipinski definition) is 8. The van der Waals surface area contributed by atoms with E-state index in [4.69, 9.17) is 21.7 Å². The van der Waals surface area contributed by atoms with E-state index >= 15 is 0 Å². The van der Waals surface area contributed by atoms with Crippen LogP contribution in [0, 0.1) is 11.2 Å². The van der Waals surface area contributed by atoms with Crippen LogP contribution in [0.4, 0.5) is 13.2 Å². The Morgan fingerprint density at radius 1 is 1.47 bits per heavy atom. The van der Waals surface area contributed by atoms with Crippen LogP contribution in [0.1, 0.15) is 23.0 Å². The van der Waals surface area contributed by atoms with E-state index in [-0.39, 0.29) is 28.4 Å². The molecule has 0 radical (unpaired) electrons. The van der Waals surface area contributed by atoms with Crippen molar-refractivity contribution >= 4 is 40.5 Å². The molecule has 3 rings (SSSR count). The first-order valence-electron chi connectivity index (χ1n) is 9.09. The molecule has 168 valence electrons. The molecule has 3 N–H and O–H groups in total. The molecule has 0 unspecified atom stereocenters. The molecule has 1 aliphatic rings. The number of halogens is 4. The summed E-state index contributed by atoms with van der Waals surface area (Å²) in [6, 6.07) is 2.77. The summed E-state index contributed by atoms with van der Waals surface area (Å²) in [5.41, 5.74) is 0.600. The summed E-state index contributed by atoms with van der Waals surface area (Å²) in [5, 5.41) is 15.5. The number of amidine groups is 1. The van der Waals surface area contributed by atoms with Crippen molar-refractivity contribution < 1.29 is 22.7 Å². The van der Waals surface area contributed by atoms with Crippen LogP contribution in [0.15, 0.2) is 58.3 Å². The molecular formula is C20H17ClF3N5O2S. The molecule has 12 heteroatoms. The Morgan fingerprint density at radius 3 is 2.88 bits per heavy atom. The fourth-order valence-corrected chi connectivity index (χ4v) is 3.82. The van der Waals surface area contributed by atoms with E-state index in [0.717, 1.165) is 18.3 Å². The maximum atomic E-state index is 13.7. The Morgan fingerprint density at radius 2 is 2.25 bits per heavy atom. The van der Waals surface area contributed by atoms with Gasteiger partial charge in [-0.1, -0.05) is 17.7 Å². The monoisotopic (exact) mass is 483 g/mol. The lowest BCUT2D eigenvalue weighted by Crippen LogP contribution is -2.34. The predicted molar refractivity (Wildman–Crippen MR) is 116 cm³/mol. The van der Waals surface area contributed by atoms with Crippen LogP contribution in [-0.2, 0) is 9.53 Å². The number of aliphatic imine (C=N–C) groups is 1. The van der Waals surface area contributed by atoms with Gasteiger partial charge in [-0.25, -0.2) is 9.37 Å². The lowest BCUT2D eigenvalue weighted by atomic mass is 9.91. The summed E-state index contributed by atoms with van der Waals surface area (Å²) >= 11 is 7.56. The normalized spacial score (nSPS) is 16.2. The number of rotatable bonds is 8. The topological polar surface area (TPSA) is 99.5 Å². The van der Waals surface area contributed by atoms with Crippen LogP contribution in [0.2, 0.25) is 5.02 Å². The van der Waals surface area contributed by atoms with Crippen LogP contribution >= 0.6 is 22.9 Å². The summed E-state index contributed by atoms with van der Waals surface area (Å²) in [7, 11) is 1.22. The zero-order valence-electron chi connectivity index (χ0n) is 16.5. The third-order valence-corrected chi connectivity index (χ3v) is 5.44. The van der Waals surface area contributed by atoms with E-state index in [1.54, 1.807) is 16.9 Å². The summed E-state index contributed by atoms with van der Waals surface area (Å²) in [6.07, 6.45) is 3.34. The largest absolute Gasteiger partial charge is 0.469 e. The average Bonchev–Trinajstić information content (AvgIpc) is 3.27. The molecule has 0 fully saturated rings. The van der Waals surface area contributed by atoms with E-state index in [0.29, 0.717) is 16.4 Å². The lowest BCUT2D eigenvalue weighted by Gasteiger charge is -2.28. The second-order valence-corrected chi connectivity index (χ2v) is 7.67. The predicted octanol–water partition coefficient (Wildman–Crippen LogP) is 4.19. The van der Waals surface area contributed by atoms with E-state index < -0.39 is 24.4 Å². The third kappa shape index (κ3) is 5.54. The van der Waals surface area contributed by atoms with Crippen molar-refractivity contribution in [3.8, 4) is 0 Å². The van der Waals surface area contributed by atoms with Crippen LogP contribution in [-0.4, -0.2) is 36.2 Å². The second-order valence-electron chi connectivity index (χ2n) is 6.37. The Balaban J connectivity index is 2.15. The number of esters is 1. The van der Waals surface area contributed by atoms with Gasteiger partial charge >= 0.3 is 12.5 Å². The quantitative estimate of drug-likeness (QED) is 0.297. The van der Waals surface area contributed by atoms with Crippen LogP contribution in [0.3, 0.4) is 0 Å². The maximum Gasteiger partial charge on any atom is 0.312 e. The maximum absolute atomic E-state index is 13.7. The van der Waals surface area contributed by atoms with Crippen molar-refractivity contribution in [1.29, 1.82) is 5.41 Å². The Hall–Kier alpha value is -3.18. The molecule has 1 aliphatic heterocycles. The summed E-state index contributed by atoms with van der Waals surface area (Å²) in [6.45, 7) is -2.82. The molecule has 0 saturated heterocycles. The van der Waals surface area contributed by atoms with Gasteiger partial charge in [0.25, 0.3) is 0 Å². The van der Waals surface area contributed by atoms with E-state index in [1.807, 2.05) is 0 Å². The molecule has 2 heterocycles. The fraction of sp³-hybridized carbons (Fsp3) is 0.200. The fourth-order valence-electron chi connectivity index (χ4n) is 2.96. The third-order valence-electron chi connectivity index (χ3n) is 4.33. The molecule has 0 aliphatic carbocycles. The minimum atomic E-state index is -2.82. The number of carbonyl (C=O) groups excluding carboxylic acids is 1. The molecule has 0 saturated carbocycles. The highest BCUT2D eigenvalue weighted by molar-refractivity contribution is 7.11. The van der Waals surface area contributed by atoms with E-state index in [1.165, 1.54) is 30.6 Å². The van der Waals surface area contributed by atoms with Crippen LogP contribution in [0.5, 0.6) is 0 Å². The zero-order valence-corrected chi connectivity index (χ0v) is 18.1. The second kappa shape index (κ2) is 10.4. The number of hydrogen-bond donors (Lipinski definition) is 3. The number of allylic oxidation sites excluding steroid dienone is 1. The van der Waals surface area contributed by atoms with Gasteiger partial charge in [0.1, 0.15) is 11.9 Å². The number of nitrogens with one attached hydrogen (secondary N) is 3. The van der Waals surface area contributed by atoms with Crippen molar-refractivity contribution in [3.63, 3.8) is 0 Å². The number of carbonyl (C=O) groups is 1. The number of ether oxygens (including phenoxy) is 1. The smallest absolute Gasteiger partial charge is 0.312 e. The van der Waals surface area contributed by atoms with Gasteiger partial charge in [-0.3, -0.25) is 9.79 Å². The van der Waals surface area contributed by atoms with Gasteiger partial charge in [-0.05, 0) is 18.2 Å². The molecule has 32 heavy (non-hydrogen) atoms. The van der Waals surface area contributed by atoms with Crippen molar-refractivity contribution in [2.45, 2.75) is 19.0 Å². The van der Waals surface area contributed by atoms with Gasteiger partial charge in [0.15, 0.2) is 10.8 Å². The Bertz CT molecular complexity index is 1100. The molecule has 0 spiro atoms. The molecule has 7 nitrogen and oxygen atoms in total. The first kappa shape index (κ1) is 23.5. The highest BCUT2D eigenvalue weighted by Gasteiger charge is 2.31. The van der Waals surface area contributed by atoms with Gasteiger partial charge in [-0.15, -0.1) is 11.3 Å².